The van der Waals surface area contributed by atoms with Gasteiger partial charge in [-0.1, -0.05) is 64.4 Å². The lowest BCUT2D eigenvalue weighted by atomic mass is 9.98. The van der Waals surface area contributed by atoms with E-state index in [1.807, 2.05) is 26.0 Å². The van der Waals surface area contributed by atoms with Gasteiger partial charge in [-0.25, -0.2) is 23.4 Å². The molecule has 2 heterocycles. The van der Waals surface area contributed by atoms with Crippen LogP contribution in [0.4, 0.5) is 5.95 Å². The smallest absolute Gasteiger partial charge is 0.220 e. The highest BCUT2D eigenvalue weighted by molar-refractivity contribution is 7.91. The van der Waals surface area contributed by atoms with Crippen molar-refractivity contribution in [1.82, 2.24) is 15.0 Å². The number of nitrogens with two attached hydrogens (primary N) is 1. The van der Waals surface area contributed by atoms with E-state index in [9.17, 15) is 8.42 Å². The zero-order chi connectivity index (χ0) is 23.7. The van der Waals surface area contributed by atoms with Crippen LogP contribution in [0.25, 0.3) is 21.8 Å². The Hall–Kier alpha value is -2.03. The molecule has 0 fully saturated rings. The van der Waals surface area contributed by atoms with E-state index in [2.05, 4.69) is 30.7 Å². The standard InChI is InChI=1S/C23H29ClN4O2S2/c1-6-13-32(29,30)17(7-2)14-9-8-10-15(18(14)24)19-20(16-11-12-26-22(25)27-16)31-21(28-19)23(3,4)5/h8-12,17H,6-7,13H2,1-5H3,(H2,25,26,27). The summed E-state index contributed by atoms with van der Waals surface area (Å²) in [7, 11) is -3.32. The van der Waals surface area contributed by atoms with Crippen LogP contribution in [-0.4, -0.2) is 29.1 Å². The molecular weight excluding hydrogens is 464 g/mol. The van der Waals surface area contributed by atoms with E-state index in [-0.39, 0.29) is 17.1 Å². The molecule has 2 N–H and O–H groups in total. The quantitative estimate of drug-likeness (QED) is 0.429. The molecule has 32 heavy (non-hydrogen) atoms. The van der Waals surface area contributed by atoms with Crippen molar-refractivity contribution in [3.63, 3.8) is 0 Å². The topological polar surface area (TPSA) is 98.8 Å². The maximum atomic E-state index is 12.9. The molecule has 6 nitrogen and oxygen atoms in total. The third kappa shape index (κ3) is 4.97. The van der Waals surface area contributed by atoms with E-state index in [4.69, 9.17) is 22.3 Å². The average Bonchev–Trinajstić information content (AvgIpc) is 3.15. The Morgan fingerprint density at radius 3 is 2.47 bits per heavy atom. The Labute approximate surface area is 199 Å². The van der Waals surface area contributed by atoms with E-state index in [0.717, 1.165) is 9.88 Å². The number of nitrogens with zero attached hydrogens (tertiary/aromatic N) is 3. The van der Waals surface area contributed by atoms with Crippen LogP contribution in [0.5, 0.6) is 0 Å². The van der Waals surface area contributed by atoms with E-state index >= 15 is 0 Å². The van der Waals surface area contributed by atoms with E-state index in [1.54, 1.807) is 18.3 Å². The van der Waals surface area contributed by atoms with Crippen molar-refractivity contribution in [3.8, 4) is 21.8 Å². The number of anilines is 1. The molecule has 3 rings (SSSR count). The predicted molar refractivity (Wildman–Crippen MR) is 134 cm³/mol. The van der Waals surface area contributed by atoms with Crippen molar-refractivity contribution in [1.29, 1.82) is 0 Å². The second kappa shape index (κ2) is 9.45. The fraction of sp³-hybridized carbons (Fsp3) is 0.435. The summed E-state index contributed by atoms with van der Waals surface area (Å²) < 4.78 is 25.8. The van der Waals surface area contributed by atoms with Crippen LogP contribution in [0.1, 0.15) is 63.3 Å². The van der Waals surface area contributed by atoms with Gasteiger partial charge in [-0.05, 0) is 24.5 Å². The highest BCUT2D eigenvalue weighted by atomic mass is 35.5. The van der Waals surface area contributed by atoms with Gasteiger partial charge in [-0.2, -0.15) is 0 Å². The van der Waals surface area contributed by atoms with Crippen molar-refractivity contribution in [2.75, 3.05) is 11.5 Å². The van der Waals surface area contributed by atoms with Gasteiger partial charge in [0, 0.05) is 17.2 Å². The minimum absolute atomic E-state index is 0.127. The number of nitrogen functional groups attached to an aromatic ring is 1. The molecular formula is C23H29ClN4O2S2. The zero-order valence-electron chi connectivity index (χ0n) is 19.0. The van der Waals surface area contributed by atoms with Crippen LogP contribution < -0.4 is 5.73 Å². The summed E-state index contributed by atoms with van der Waals surface area (Å²) in [6, 6.07) is 7.31. The second-order valence-corrected chi connectivity index (χ2v) is 12.4. The summed E-state index contributed by atoms with van der Waals surface area (Å²) in [4.78, 5) is 14.1. The third-order valence-corrected chi connectivity index (χ3v) is 9.46. The molecule has 0 bridgehead atoms. The average molecular weight is 493 g/mol. The van der Waals surface area contributed by atoms with Crippen LogP contribution in [0.2, 0.25) is 5.02 Å². The summed E-state index contributed by atoms with van der Waals surface area (Å²) in [6.45, 7) is 10.0. The molecule has 0 amide bonds. The van der Waals surface area contributed by atoms with Gasteiger partial charge in [-0.15, -0.1) is 11.3 Å². The number of thiazole rings is 1. The first-order chi connectivity index (χ1) is 15.0. The molecule has 0 aliphatic carbocycles. The molecule has 0 aliphatic rings. The minimum atomic E-state index is -3.32. The Balaban J connectivity index is 2.24. The van der Waals surface area contributed by atoms with Crippen molar-refractivity contribution in [3.05, 3.63) is 46.1 Å². The molecule has 0 saturated carbocycles. The summed E-state index contributed by atoms with van der Waals surface area (Å²) in [5.74, 6) is 0.304. The van der Waals surface area contributed by atoms with Crippen molar-refractivity contribution < 1.29 is 8.42 Å². The van der Waals surface area contributed by atoms with Gasteiger partial charge in [0.15, 0.2) is 9.84 Å². The molecule has 0 spiro atoms. The molecule has 0 saturated heterocycles. The molecule has 1 atom stereocenters. The number of aromatic nitrogens is 3. The van der Waals surface area contributed by atoms with Crippen molar-refractivity contribution in [2.24, 2.45) is 0 Å². The van der Waals surface area contributed by atoms with Gasteiger partial charge in [0.25, 0.3) is 0 Å². The lowest BCUT2D eigenvalue weighted by Crippen LogP contribution is -2.16. The highest BCUT2D eigenvalue weighted by Crippen LogP contribution is 2.44. The minimum Gasteiger partial charge on any atom is -0.368 e. The van der Waals surface area contributed by atoms with Gasteiger partial charge in [0.2, 0.25) is 5.95 Å². The molecule has 1 aromatic carbocycles. The molecule has 2 aromatic heterocycles. The second-order valence-electron chi connectivity index (χ2n) is 8.72. The highest BCUT2D eigenvalue weighted by Gasteiger charge is 2.30. The Kier molecular flexibility index (Phi) is 7.27. The SMILES string of the molecule is CCCS(=O)(=O)C(CC)c1cccc(-c2nc(C(C)(C)C)sc2-c2ccnc(N)n2)c1Cl. The molecule has 3 aromatic rings. The van der Waals surface area contributed by atoms with E-state index < -0.39 is 15.1 Å². The molecule has 9 heteroatoms. The largest absolute Gasteiger partial charge is 0.368 e. The number of hydrogen-bond donors (Lipinski definition) is 1. The predicted octanol–water partition coefficient (Wildman–Crippen LogP) is 6.08. The summed E-state index contributed by atoms with van der Waals surface area (Å²) in [5, 5.41) is 0.675. The number of halogens is 1. The van der Waals surface area contributed by atoms with Crippen molar-refractivity contribution >= 4 is 38.7 Å². The van der Waals surface area contributed by atoms with Crippen LogP contribution in [0, 0.1) is 0 Å². The van der Waals surface area contributed by atoms with Gasteiger partial charge in [0.05, 0.1) is 37.3 Å². The maximum absolute atomic E-state index is 12.9. The number of rotatable bonds is 7. The number of hydrogen-bond acceptors (Lipinski definition) is 7. The summed E-state index contributed by atoms with van der Waals surface area (Å²) in [5.41, 5.74) is 8.28. The van der Waals surface area contributed by atoms with Crippen LogP contribution in [0.3, 0.4) is 0 Å². The molecule has 1 unspecified atom stereocenters. The first-order valence-electron chi connectivity index (χ1n) is 10.6. The first kappa shape index (κ1) is 24.6. The lowest BCUT2D eigenvalue weighted by molar-refractivity contribution is 0.578. The van der Waals surface area contributed by atoms with Gasteiger partial charge < -0.3 is 5.73 Å². The van der Waals surface area contributed by atoms with E-state index in [1.165, 1.54) is 11.3 Å². The van der Waals surface area contributed by atoms with Crippen LogP contribution >= 0.6 is 22.9 Å². The number of sulfone groups is 1. The van der Waals surface area contributed by atoms with Crippen LogP contribution in [0.15, 0.2) is 30.5 Å². The first-order valence-corrected chi connectivity index (χ1v) is 13.5. The summed E-state index contributed by atoms with van der Waals surface area (Å²) in [6.07, 6.45) is 2.63. The maximum Gasteiger partial charge on any atom is 0.220 e. The normalized spacial score (nSPS) is 13.3. The number of benzene rings is 1. The van der Waals surface area contributed by atoms with Gasteiger partial charge in [0.1, 0.15) is 0 Å². The Morgan fingerprint density at radius 1 is 1.16 bits per heavy atom. The summed E-state index contributed by atoms with van der Waals surface area (Å²) >= 11 is 8.41. The molecule has 172 valence electrons. The van der Waals surface area contributed by atoms with Crippen LogP contribution in [-0.2, 0) is 15.3 Å². The van der Waals surface area contributed by atoms with Gasteiger partial charge in [-0.3, -0.25) is 0 Å². The Bertz CT molecular complexity index is 1220. The fourth-order valence-electron chi connectivity index (χ4n) is 3.57. The monoisotopic (exact) mass is 492 g/mol. The molecule has 0 radical (unpaired) electrons. The third-order valence-electron chi connectivity index (χ3n) is 5.10. The Morgan fingerprint density at radius 2 is 1.88 bits per heavy atom. The van der Waals surface area contributed by atoms with Crippen molar-refractivity contribution in [2.45, 2.75) is 58.1 Å². The molecule has 0 aliphatic heterocycles. The lowest BCUT2D eigenvalue weighted by Gasteiger charge is -2.19. The van der Waals surface area contributed by atoms with E-state index in [0.29, 0.717) is 40.4 Å². The zero-order valence-corrected chi connectivity index (χ0v) is 21.4. The fourth-order valence-corrected chi connectivity index (χ4v) is 7.04. The van der Waals surface area contributed by atoms with Gasteiger partial charge >= 0.3 is 0 Å².